The van der Waals surface area contributed by atoms with E-state index in [1.54, 1.807) is 25.7 Å². The van der Waals surface area contributed by atoms with E-state index in [-0.39, 0.29) is 23.8 Å². The second kappa shape index (κ2) is 13.8. The zero-order chi connectivity index (χ0) is 27.8. The monoisotopic (exact) mass is 515 g/mol. The van der Waals surface area contributed by atoms with Gasteiger partial charge >= 0.3 is 6.09 Å². The Morgan fingerprint density at radius 1 is 1.05 bits per heavy atom. The number of aryl methyl sites for hydroxylation is 2. The van der Waals surface area contributed by atoms with Gasteiger partial charge in [-0.3, -0.25) is 9.59 Å². The van der Waals surface area contributed by atoms with Crippen molar-refractivity contribution in [3.05, 3.63) is 34.9 Å². The fraction of sp³-hybridized carbons (Fsp3) is 0.700. The van der Waals surface area contributed by atoms with Gasteiger partial charge in [0.1, 0.15) is 17.7 Å². The minimum absolute atomic E-state index is 0.124. The Bertz CT molecular complexity index is 916. The van der Waals surface area contributed by atoms with Gasteiger partial charge in [-0.25, -0.2) is 4.79 Å². The maximum atomic E-state index is 14.1. The molecule has 3 amide bonds. The van der Waals surface area contributed by atoms with Crippen molar-refractivity contribution in [2.75, 3.05) is 6.54 Å². The number of rotatable bonds is 10. The van der Waals surface area contributed by atoms with Crippen LogP contribution in [0.4, 0.5) is 4.79 Å². The summed E-state index contributed by atoms with van der Waals surface area (Å²) in [6.07, 6.45) is 6.32. The first-order valence-electron chi connectivity index (χ1n) is 14.0. The number of amides is 3. The molecule has 7 nitrogen and oxygen atoms in total. The number of carbonyl (C=O) groups is 3. The predicted octanol–water partition coefficient (Wildman–Crippen LogP) is 5.97. The van der Waals surface area contributed by atoms with Gasteiger partial charge < -0.3 is 20.3 Å². The van der Waals surface area contributed by atoms with Crippen LogP contribution in [0.25, 0.3) is 0 Å². The van der Waals surface area contributed by atoms with Gasteiger partial charge in [0, 0.05) is 12.6 Å². The van der Waals surface area contributed by atoms with Crippen molar-refractivity contribution in [2.24, 2.45) is 5.92 Å². The van der Waals surface area contributed by atoms with Crippen molar-refractivity contribution >= 4 is 17.9 Å². The summed E-state index contributed by atoms with van der Waals surface area (Å²) in [7, 11) is 0. The minimum atomic E-state index is -0.816. The largest absolute Gasteiger partial charge is 0.444 e. The molecule has 7 heteroatoms. The van der Waals surface area contributed by atoms with Crippen molar-refractivity contribution in [3.63, 3.8) is 0 Å². The summed E-state index contributed by atoms with van der Waals surface area (Å²) in [5, 5.41) is 6.05. The van der Waals surface area contributed by atoms with E-state index in [0.717, 1.165) is 55.2 Å². The molecule has 0 aromatic heterocycles. The van der Waals surface area contributed by atoms with Crippen molar-refractivity contribution in [3.8, 4) is 0 Å². The summed E-state index contributed by atoms with van der Waals surface area (Å²) in [4.78, 5) is 42.4. The standard InChI is InChI=1S/C30H49N3O4/c1-9-10-18-33(28(35)25(20(2)3)32-29(36)37-30(6,7)8)26(23-17-16-21(4)22(5)19-23)27(34)31-24-14-12-11-13-15-24/h16-17,19-20,24-26H,9-15,18H2,1-8H3,(H,31,34)(H,32,36). The van der Waals surface area contributed by atoms with Crippen molar-refractivity contribution in [1.82, 2.24) is 15.5 Å². The Morgan fingerprint density at radius 2 is 1.70 bits per heavy atom. The van der Waals surface area contributed by atoms with E-state index in [2.05, 4.69) is 17.6 Å². The lowest BCUT2D eigenvalue weighted by atomic mass is 9.93. The second-order valence-corrected chi connectivity index (χ2v) is 11.8. The van der Waals surface area contributed by atoms with E-state index < -0.39 is 23.8 Å². The first-order chi connectivity index (χ1) is 17.3. The molecule has 0 aliphatic heterocycles. The topological polar surface area (TPSA) is 87.7 Å². The van der Waals surface area contributed by atoms with Crippen molar-refractivity contribution in [2.45, 2.75) is 124 Å². The molecule has 0 saturated heterocycles. The third-order valence-electron chi connectivity index (χ3n) is 7.00. The summed E-state index contributed by atoms with van der Waals surface area (Å²) < 4.78 is 5.45. The number of hydrogen-bond acceptors (Lipinski definition) is 4. The third kappa shape index (κ3) is 9.35. The van der Waals surface area contributed by atoms with Crippen LogP contribution in [-0.2, 0) is 14.3 Å². The van der Waals surface area contributed by atoms with Crippen LogP contribution in [0.1, 0.15) is 109 Å². The van der Waals surface area contributed by atoms with Crippen LogP contribution in [0.15, 0.2) is 18.2 Å². The highest BCUT2D eigenvalue weighted by Crippen LogP contribution is 2.27. The summed E-state index contributed by atoms with van der Waals surface area (Å²) >= 11 is 0. The number of nitrogens with one attached hydrogen (secondary N) is 2. The van der Waals surface area contributed by atoms with E-state index in [1.807, 2.05) is 45.9 Å². The number of alkyl carbamates (subject to hydrolysis) is 1. The van der Waals surface area contributed by atoms with Crippen LogP contribution in [0.2, 0.25) is 0 Å². The van der Waals surface area contributed by atoms with Gasteiger partial charge in [-0.2, -0.15) is 0 Å². The number of hydrogen-bond donors (Lipinski definition) is 2. The highest BCUT2D eigenvalue weighted by atomic mass is 16.6. The summed E-state index contributed by atoms with van der Waals surface area (Å²) in [6.45, 7) is 15.7. The zero-order valence-corrected chi connectivity index (χ0v) is 24.3. The van der Waals surface area contributed by atoms with E-state index in [1.165, 1.54) is 6.42 Å². The predicted molar refractivity (Wildman–Crippen MR) is 148 cm³/mol. The van der Waals surface area contributed by atoms with E-state index in [9.17, 15) is 14.4 Å². The quantitative estimate of drug-likeness (QED) is 0.402. The van der Waals surface area contributed by atoms with Crippen LogP contribution in [0, 0.1) is 19.8 Å². The number of unbranched alkanes of at least 4 members (excludes halogenated alkanes) is 1. The molecule has 1 aliphatic rings. The molecule has 1 aromatic rings. The van der Waals surface area contributed by atoms with Gasteiger partial charge in [0.25, 0.3) is 0 Å². The van der Waals surface area contributed by atoms with Crippen LogP contribution in [0.3, 0.4) is 0 Å². The number of carbonyl (C=O) groups excluding carboxylic acids is 3. The van der Waals surface area contributed by atoms with Crippen LogP contribution >= 0.6 is 0 Å². The van der Waals surface area contributed by atoms with Crippen LogP contribution in [-0.4, -0.2) is 47.0 Å². The normalized spacial score (nSPS) is 16.1. The molecular formula is C30H49N3O4. The fourth-order valence-corrected chi connectivity index (χ4v) is 4.76. The Morgan fingerprint density at radius 3 is 2.24 bits per heavy atom. The van der Waals surface area contributed by atoms with E-state index in [4.69, 9.17) is 4.74 Å². The summed E-state index contributed by atoms with van der Waals surface area (Å²) in [6, 6.07) is 4.50. The lowest BCUT2D eigenvalue weighted by Crippen LogP contribution is -2.55. The minimum Gasteiger partial charge on any atom is -0.444 e. The Balaban J connectivity index is 2.47. The molecule has 2 unspecified atom stereocenters. The van der Waals surface area contributed by atoms with Gasteiger partial charge in [-0.1, -0.05) is 64.7 Å². The number of nitrogens with zero attached hydrogens (tertiary/aromatic N) is 1. The number of ether oxygens (including phenoxy) is 1. The molecule has 208 valence electrons. The van der Waals surface area contributed by atoms with Gasteiger partial charge in [-0.05, 0) is 76.5 Å². The molecule has 1 aliphatic carbocycles. The molecule has 2 rings (SSSR count). The van der Waals surface area contributed by atoms with Gasteiger partial charge in [-0.15, -0.1) is 0 Å². The summed E-state index contributed by atoms with van der Waals surface area (Å²) in [5.74, 6) is -0.610. The maximum Gasteiger partial charge on any atom is 0.408 e. The maximum absolute atomic E-state index is 14.1. The molecule has 37 heavy (non-hydrogen) atoms. The van der Waals surface area contributed by atoms with E-state index in [0.29, 0.717) is 6.54 Å². The molecule has 2 atom stereocenters. The number of benzene rings is 1. The van der Waals surface area contributed by atoms with Crippen molar-refractivity contribution in [1.29, 1.82) is 0 Å². The average Bonchev–Trinajstić information content (AvgIpc) is 2.81. The smallest absolute Gasteiger partial charge is 0.408 e. The van der Waals surface area contributed by atoms with Crippen LogP contribution in [0.5, 0.6) is 0 Å². The van der Waals surface area contributed by atoms with Crippen LogP contribution < -0.4 is 10.6 Å². The highest BCUT2D eigenvalue weighted by Gasteiger charge is 2.38. The molecule has 0 bridgehead atoms. The summed E-state index contributed by atoms with van der Waals surface area (Å²) in [5.41, 5.74) is 2.32. The molecule has 1 aromatic carbocycles. The lowest BCUT2D eigenvalue weighted by Gasteiger charge is -2.36. The first-order valence-corrected chi connectivity index (χ1v) is 14.0. The van der Waals surface area contributed by atoms with Gasteiger partial charge in [0.05, 0.1) is 0 Å². The molecule has 2 N–H and O–H groups in total. The molecule has 0 heterocycles. The third-order valence-corrected chi connectivity index (χ3v) is 7.00. The SMILES string of the molecule is CCCCN(C(=O)C(NC(=O)OC(C)(C)C)C(C)C)C(C(=O)NC1CCCCC1)c1ccc(C)c(C)c1. The highest BCUT2D eigenvalue weighted by molar-refractivity contribution is 5.92. The molecule has 1 saturated carbocycles. The lowest BCUT2D eigenvalue weighted by molar-refractivity contribution is -0.143. The average molecular weight is 516 g/mol. The van der Waals surface area contributed by atoms with Gasteiger partial charge in [0.15, 0.2) is 0 Å². The zero-order valence-electron chi connectivity index (χ0n) is 24.3. The Kier molecular flexibility index (Phi) is 11.5. The Hall–Kier alpha value is -2.57. The first kappa shape index (κ1) is 30.7. The second-order valence-electron chi connectivity index (χ2n) is 11.8. The fourth-order valence-electron chi connectivity index (χ4n) is 4.76. The van der Waals surface area contributed by atoms with E-state index >= 15 is 0 Å². The Labute approximate surface area is 224 Å². The molecule has 1 fully saturated rings. The van der Waals surface area contributed by atoms with Crippen molar-refractivity contribution < 1.29 is 19.1 Å². The molecule has 0 radical (unpaired) electrons. The van der Waals surface area contributed by atoms with Gasteiger partial charge in [0.2, 0.25) is 11.8 Å². The molecular weight excluding hydrogens is 466 g/mol. The molecule has 0 spiro atoms.